The average molecular weight is 280 g/mol. The van der Waals surface area contributed by atoms with Crippen molar-refractivity contribution < 1.29 is 5.11 Å². The van der Waals surface area contributed by atoms with E-state index in [1.807, 2.05) is 43.7 Å². The highest BCUT2D eigenvalue weighted by Gasteiger charge is 2.15. The van der Waals surface area contributed by atoms with E-state index < -0.39 is 6.10 Å². The second-order valence-corrected chi connectivity index (χ2v) is 5.35. The second kappa shape index (κ2) is 5.72. The molecule has 102 valence electrons. The van der Waals surface area contributed by atoms with Crippen LogP contribution < -0.4 is 0 Å². The third-order valence-corrected chi connectivity index (χ3v) is 3.50. The molecule has 0 aliphatic rings. The van der Waals surface area contributed by atoms with Gasteiger partial charge in [-0.1, -0.05) is 23.7 Å². The van der Waals surface area contributed by atoms with Crippen LogP contribution in [0.25, 0.3) is 0 Å². The topological polar surface area (TPSA) is 50.9 Å². The molecule has 0 spiro atoms. The van der Waals surface area contributed by atoms with E-state index >= 15 is 0 Å². The van der Waals surface area contributed by atoms with Crippen LogP contribution in [-0.4, -0.2) is 19.9 Å². The van der Waals surface area contributed by atoms with Gasteiger partial charge < -0.3 is 5.11 Å². The lowest BCUT2D eigenvalue weighted by Gasteiger charge is -2.14. The average Bonchev–Trinajstić information content (AvgIpc) is 2.80. The second-order valence-electron chi connectivity index (χ2n) is 4.94. The molecule has 1 aromatic carbocycles. The first kappa shape index (κ1) is 14.0. The normalized spacial score (nSPS) is 12.9. The molecule has 0 saturated carbocycles. The van der Waals surface area contributed by atoms with E-state index in [4.69, 9.17) is 11.6 Å². The third-order valence-electron chi connectivity index (χ3n) is 3.08. The Hall–Kier alpha value is -1.39. The molecule has 0 aliphatic heterocycles. The molecule has 0 bridgehead atoms. The molecule has 1 heterocycles. The molecule has 0 fully saturated rings. The fraction of sp³-hybridized carbons (Fsp3) is 0.429. The van der Waals surface area contributed by atoms with Crippen LogP contribution in [0.3, 0.4) is 0 Å². The van der Waals surface area contributed by atoms with Gasteiger partial charge in [0.15, 0.2) is 0 Å². The molecule has 2 rings (SSSR count). The summed E-state index contributed by atoms with van der Waals surface area (Å²) < 4.78 is 1.83. The lowest BCUT2D eigenvalue weighted by molar-refractivity contribution is 0.173. The number of aliphatic hydroxyl groups excluding tert-OH is 1. The van der Waals surface area contributed by atoms with Crippen molar-refractivity contribution in [3.05, 3.63) is 46.5 Å². The first-order chi connectivity index (χ1) is 8.99. The van der Waals surface area contributed by atoms with Gasteiger partial charge in [-0.05, 0) is 38.0 Å². The van der Waals surface area contributed by atoms with Gasteiger partial charge in [0.1, 0.15) is 12.2 Å². The molecule has 2 aromatic rings. The molecule has 1 aromatic heterocycles. The van der Waals surface area contributed by atoms with Crippen LogP contribution in [0.15, 0.2) is 24.5 Å². The van der Waals surface area contributed by atoms with Gasteiger partial charge in [0.2, 0.25) is 0 Å². The number of hydrogen-bond acceptors (Lipinski definition) is 3. The van der Waals surface area contributed by atoms with E-state index in [0.717, 1.165) is 17.0 Å². The van der Waals surface area contributed by atoms with Crippen LogP contribution in [0, 0.1) is 6.92 Å². The Balaban J connectivity index is 2.18. The molecular formula is C14H18ClN3O. The first-order valence-corrected chi connectivity index (χ1v) is 6.69. The van der Waals surface area contributed by atoms with Gasteiger partial charge in [-0.2, -0.15) is 5.10 Å². The lowest BCUT2D eigenvalue weighted by Crippen LogP contribution is -2.12. The number of benzene rings is 1. The highest BCUT2D eigenvalue weighted by atomic mass is 35.5. The maximum atomic E-state index is 10.3. The van der Waals surface area contributed by atoms with Gasteiger partial charge in [0.05, 0.1) is 6.10 Å². The smallest absolute Gasteiger partial charge is 0.138 e. The van der Waals surface area contributed by atoms with Crippen molar-refractivity contribution in [2.24, 2.45) is 0 Å². The van der Waals surface area contributed by atoms with Gasteiger partial charge >= 0.3 is 0 Å². The van der Waals surface area contributed by atoms with Gasteiger partial charge in [0.25, 0.3) is 0 Å². The Bertz CT molecular complexity index is 566. The molecule has 5 heteroatoms. The Labute approximate surface area is 118 Å². The number of aryl methyl sites for hydroxylation is 1. The summed E-state index contributed by atoms with van der Waals surface area (Å²) >= 11 is 5.99. The van der Waals surface area contributed by atoms with Crippen molar-refractivity contribution in [3.8, 4) is 0 Å². The molecule has 1 atom stereocenters. The zero-order chi connectivity index (χ0) is 14.0. The quantitative estimate of drug-likeness (QED) is 0.936. The van der Waals surface area contributed by atoms with Crippen LogP contribution in [0.5, 0.6) is 0 Å². The summed E-state index contributed by atoms with van der Waals surface area (Å²) in [4.78, 5) is 4.21. The molecule has 4 nitrogen and oxygen atoms in total. The maximum absolute atomic E-state index is 10.3. The van der Waals surface area contributed by atoms with E-state index in [-0.39, 0.29) is 6.04 Å². The number of nitrogens with zero attached hydrogens (tertiary/aromatic N) is 3. The summed E-state index contributed by atoms with van der Waals surface area (Å²) in [6, 6.07) is 5.79. The minimum atomic E-state index is -0.599. The SMILES string of the molecule is Cc1cc(C(O)Cc2ncnn2C(C)C)ccc1Cl. The highest BCUT2D eigenvalue weighted by Crippen LogP contribution is 2.23. The van der Waals surface area contributed by atoms with Crippen molar-refractivity contribution in [2.75, 3.05) is 0 Å². The molecular weight excluding hydrogens is 262 g/mol. The number of aliphatic hydroxyl groups is 1. The summed E-state index contributed by atoms with van der Waals surface area (Å²) in [5.41, 5.74) is 1.81. The van der Waals surface area contributed by atoms with Crippen molar-refractivity contribution in [1.29, 1.82) is 0 Å². The van der Waals surface area contributed by atoms with E-state index in [2.05, 4.69) is 10.1 Å². The summed E-state index contributed by atoms with van der Waals surface area (Å²) in [6.07, 6.45) is 1.37. The zero-order valence-corrected chi connectivity index (χ0v) is 12.1. The molecule has 0 radical (unpaired) electrons. The number of hydrogen-bond donors (Lipinski definition) is 1. The van der Waals surface area contributed by atoms with Crippen LogP contribution in [0.2, 0.25) is 5.02 Å². The Kier molecular flexibility index (Phi) is 4.22. The van der Waals surface area contributed by atoms with Crippen molar-refractivity contribution >= 4 is 11.6 Å². The van der Waals surface area contributed by atoms with Crippen molar-refractivity contribution in [3.63, 3.8) is 0 Å². The number of aromatic nitrogens is 3. The minimum absolute atomic E-state index is 0.233. The van der Waals surface area contributed by atoms with E-state index in [1.165, 1.54) is 6.33 Å². The van der Waals surface area contributed by atoms with Gasteiger partial charge in [-0.3, -0.25) is 0 Å². The fourth-order valence-corrected chi connectivity index (χ4v) is 2.14. The Morgan fingerprint density at radius 1 is 1.37 bits per heavy atom. The minimum Gasteiger partial charge on any atom is -0.388 e. The zero-order valence-electron chi connectivity index (χ0n) is 11.3. The van der Waals surface area contributed by atoms with Gasteiger partial charge in [-0.25, -0.2) is 9.67 Å². The molecule has 1 N–H and O–H groups in total. The van der Waals surface area contributed by atoms with Crippen LogP contribution in [0.4, 0.5) is 0 Å². The van der Waals surface area contributed by atoms with Crippen LogP contribution in [0.1, 0.15) is 42.9 Å². The Morgan fingerprint density at radius 2 is 2.11 bits per heavy atom. The van der Waals surface area contributed by atoms with Crippen LogP contribution in [-0.2, 0) is 6.42 Å². The molecule has 19 heavy (non-hydrogen) atoms. The van der Waals surface area contributed by atoms with E-state index in [1.54, 1.807) is 0 Å². The summed E-state index contributed by atoms with van der Waals surface area (Å²) in [5, 5.41) is 15.2. The molecule has 0 amide bonds. The van der Waals surface area contributed by atoms with Gasteiger partial charge in [0, 0.05) is 17.5 Å². The largest absolute Gasteiger partial charge is 0.388 e. The lowest BCUT2D eigenvalue weighted by atomic mass is 10.0. The van der Waals surface area contributed by atoms with E-state index in [9.17, 15) is 5.11 Å². The molecule has 1 unspecified atom stereocenters. The van der Waals surface area contributed by atoms with Gasteiger partial charge in [-0.15, -0.1) is 0 Å². The van der Waals surface area contributed by atoms with Crippen LogP contribution >= 0.6 is 11.6 Å². The highest BCUT2D eigenvalue weighted by molar-refractivity contribution is 6.31. The summed E-state index contributed by atoms with van der Waals surface area (Å²) in [5.74, 6) is 0.787. The third kappa shape index (κ3) is 3.14. The maximum Gasteiger partial charge on any atom is 0.138 e. The Morgan fingerprint density at radius 3 is 2.74 bits per heavy atom. The molecule has 0 aliphatic carbocycles. The first-order valence-electron chi connectivity index (χ1n) is 6.31. The summed E-state index contributed by atoms with van der Waals surface area (Å²) in [6.45, 7) is 6.00. The van der Waals surface area contributed by atoms with Crippen molar-refractivity contribution in [2.45, 2.75) is 39.3 Å². The predicted molar refractivity (Wildman–Crippen MR) is 75.3 cm³/mol. The standard InChI is InChI=1S/C14H18ClN3O/c1-9(2)18-14(16-8-17-18)7-13(19)11-4-5-12(15)10(3)6-11/h4-6,8-9,13,19H,7H2,1-3H3. The fourth-order valence-electron chi connectivity index (χ4n) is 2.02. The summed E-state index contributed by atoms with van der Waals surface area (Å²) in [7, 11) is 0. The number of halogens is 1. The monoisotopic (exact) mass is 279 g/mol. The van der Waals surface area contributed by atoms with E-state index in [0.29, 0.717) is 11.4 Å². The molecule has 0 saturated heterocycles. The van der Waals surface area contributed by atoms with Crippen molar-refractivity contribution in [1.82, 2.24) is 14.8 Å². The number of rotatable bonds is 4. The predicted octanol–water partition coefficient (Wildman–Crippen LogP) is 3.10.